The molecule has 0 saturated heterocycles. The summed E-state index contributed by atoms with van der Waals surface area (Å²) in [5, 5.41) is 6.35. The third kappa shape index (κ3) is 2.36. The maximum absolute atomic E-state index is 11.4. The second-order valence-corrected chi connectivity index (χ2v) is 4.27. The fourth-order valence-corrected chi connectivity index (χ4v) is 2.00. The van der Waals surface area contributed by atoms with Crippen LogP contribution in [-0.2, 0) is 6.42 Å². The molecule has 0 aliphatic carbocycles. The third-order valence-corrected chi connectivity index (χ3v) is 2.75. The molecule has 6 heteroatoms. The van der Waals surface area contributed by atoms with Gasteiger partial charge in [-0.3, -0.25) is 0 Å². The molecule has 0 saturated carbocycles. The van der Waals surface area contributed by atoms with Gasteiger partial charge in [-0.05, 0) is 13.3 Å². The van der Waals surface area contributed by atoms with Gasteiger partial charge in [-0.1, -0.05) is 13.3 Å². The molecule has 2 rings (SSSR count). The van der Waals surface area contributed by atoms with Crippen LogP contribution in [-0.4, -0.2) is 25.6 Å². The number of aromatic amines is 1. The number of H-pyrrole nitrogens is 1. The van der Waals surface area contributed by atoms with Crippen LogP contribution >= 0.6 is 0 Å². The molecule has 3 N–H and O–H groups in total. The summed E-state index contributed by atoms with van der Waals surface area (Å²) in [6, 6.07) is 1.92. The number of nitrogens with zero attached hydrogens (tertiary/aromatic N) is 3. The van der Waals surface area contributed by atoms with Gasteiger partial charge in [0.05, 0.1) is 0 Å². The van der Waals surface area contributed by atoms with Crippen LogP contribution in [0.1, 0.15) is 31.3 Å². The molecule has 1 unspecified atom stereocenters. The lowest BCUT2D eigenvalue weighted by Gasteiger charge is -2.10. The number of hydrogen-bond donors (Lipinski definition) is 2. The summed E-state index contributed by atoms with van der Waals surface area (Å²) in [6.07, 6.45) is 2.75. The Balaban J connectivity index is 2.34. The zero-order valence-corrected chi connectivity index (χ0v) is 10.1. The molecule has 0 aliphatic heterocycles. The molecule has 0 bridgehead atoms. The van der Waals surface area contributed by atoms with Crippen molar-refractivity contribution in [2.45, 2.75) is 39.2 Å². The number of rotatable bonds is 4. The molecule has 17 heavy (non-hydrogen) atoms. The lowest BCUT2D eigenvalue weighted by molar-refractivity contribution is 0.591. The molecule has 0 aliphatic rings. The van der Waals surface area contributed by atoms with E-state index in [0.717, 1.165) is 18.5 Å². The van der Waals surface area contributed by atoms with Gasteiger partial charge >= 0.3 is 5.69 Å². The Hall–Kier alpha value is -1.69. The SMILES string of the molecule is CCCC(N)Cc1cc2n[nH]c(=O)n2c(C)n1. The van der Waals surface area contributed by atoms with E-state index in [0.29, 0.717) is 17.9 Å². The highest BCUT2D eigenvalue weighted by Gasteiger charge is 2.09. The van der Waals surface area contributed by atoms with Gasteiger partial charge in [0, 0.05) is 24.2 Å². The highest BCUT2D eigenvalue weighted by Crippen LogP contribution is 2.07. The predicted molar refractivity (Wildman–Crippen MR) is 64.9 cm³/mol. The standard InChI is InChI=1S/C11H17N5O/c1-3-4-8(12)5-9-6-10-14-15-11(17)16(10)7(2)13-9/h6,8H,3-5,12H2,1-2H3,(H,15,17). The predicted octanol–water partition coefficient (Wildman–Crippen LogP) is 0.396. The van der Waals surface area contributed by atoms with Crippen molar-refractivity contribution in [2.24, 2.45) is 5.73 Å². The Kier molecular flexibility index (Phi) is 3.23. The van der Waals surface area contributed by atoms with Crippen LogP contribution in [0.5, 0.6) is 0 Å². The minimum atomic E-state index is -0.255. The van der Waals surface area contributed by atoms with Crippen LogP contribution in [0.3, 0.4) is 0 Å². The van der Waals surface area contributed by atoms with Crippen molar-refractivity contribution in [1.82, 2.24) is 19.6 Å². The van der Waals surface area contributed by atoms with E-state index in [-0.39, 0.29) is 11.7 Å². The second-order valence-electron chi connectivity index (χ2n) is 4.27. The molecule has 1 atom stereocenters. The highest BCUT2D eigenvalue weighted by atomic mass is 16.1. The Labute approximate surface area is 98.9 Å². The molecule has 0 aromatic carbocycles. The first-order valence-corrected chi connectivity index (χ1v) is 5.81. The van der Waals surface area contributed by atoms with E-state index in [2.05, 4.69) is 22.1 Å². The van der Waals surface area contributed by atoms with E-state index in [9.17, 15) is 4.79 Å². The maximum Gasteiger partial charge on any atom is 0.349 e. The normalized spacial score (nSPS) is 13.1. The third-order valence-electron chi connectivity index (χ3n) is 2.75. The van der Waals surface area contributed by atoms with Crippen LogP contribution in [0, 0.1) is 6.92 Å². The van der Waals surface area contributed by atoms with E-state index in [1.54, 1.807) is 13.0 Å². The summed E-state index contributed by atoms with van der Waals surface area (Å²) >= 11 is 0. The fourth-order valence-electron chi connectivity index (χ4n) is 2.00. The fraction of sp³-hybridized carbons (Fsp3) is 0.545. The lowest BCUT2D eigenvalue weighted by Crippen LogP contribution is -2.23. The van der Waals surface area contributed by atoms with Crippen molar-refractivity contribution in [1.29, 1.82) is 0 Å². The van der Waals surface area contributed by atoms with Gasteiger partial charge in [0.25, 0.3) is 0 Å². The van der Waals surface area contributed by atoms with Crippen LogP contribution in [0.25, 0.3) is 5.65 Å². The molecule has 92 valence electrons. The first-order chi connectivity index (χ1) is 8.11. The molecule has 6 nitrogen and oxygen atoms in total. The van der Waals surface area contributed by atoms with Crippen LogP contribution in [0.15, 0.2) is 10.9 Å². The van der Waals surface area contributed by atoms with Gasteiger partial charge in [-0.2, -0.15) is 5.10 Å². The Morgan fingerprint density at radius 3 is 3.06 bits per heavy atom. The zero-order valence-electron chi connectivity index (χ0n) is 10.1. The maximum atomic E-state index is 11.4. The number of aromatic nitrogens is 4. The van der Waals surface area contributed by atoms with Crippen molar-refractivity contribution < 1.29 is 0 Å². The summed E-state index contributed by atoms with van der Waals surface area (Å²) in [5.74, 6) is 0.639. The quantitative estimate of drug-likeness (QED) is 0.802. The smallest absolute Gasteiger partial charge is 0.327 e. The number of hydrogen-bond acceptors (Lipinski definition) is 4. The van der Waals surface area contributed by atoms with E-state index in [1.807, 2.05) is 0 Å². The molecular weight excluding hydrogens is 218 g/mol. The van der Waals surface area contributed by atoms with Crippen molar-refractivity contribution in [3.8, 4) is 0 Å². The van der Waals surface area contributed by atoms with Crippen molar-refractivity contribution >= 4 is 5.65 Å². The number of nitrogens with one attached hydrogen (secondary N) is 1. The minimum absolute atomic E-state index is 0.111. The number of fused-ring (bicyclic) bond motifs is 1. The zero-order chi connectivity index (χ0) is 12.4. The van der Waals surface area contributed by atoms with E-state index in [4.69, 9.17) is 5.73 Å². The van der Waals surface area contributed by atoms with E-state index < -0.39 is 0 Å². The molecule has 0 radical (unpaired) electrons. The minimum Gasteiger partial charge on any atom is -0.327 e. The van der Waals surface area contributed by atoms with Crippen molar-refractivity contribution in [3.63, 3.8) is 0 Å². The van der Waals surface area contributed by atoms with Gasteiger partial charge in [-0.15, -0.1) is 0 Å². The van der Waals surface area contributed by atoms with Crippen molar-refractivity contribution in [2.75, 3.05) is 0 Å². The lowest BCUT2D eigenvalue weighted by atomic mass is 10.1. The van der Waals surface area contributed by atoms with Crippen LogP contribution in [0.4, 0.5) is 0 Å². The van der Waals surface area contributed by atoms with E-state index >= 15 is 0 Å². The summed E-state index contributed by atoms with van der Waals surface area (Å²) < 4.78 is 1.45. The molecule has 2 aromatic heterocycles. The van der Waals surface area contributed by atoms with E-state index in [1.165, 1.54) is 4.40 Å². The van der Waals surface area contributed by atoms with Crippen molar-refractivity contribution in [3.05, 3.63) is 28.1 Å². The molecule has 0 spiro atoms. The van der Waals surface area contributed by atoms with Gasteiger partial charge in [-0.25, -0.2) is 19.3 Å². The molecule has 0 amide bonds. The molecule has 0 fully saturated rings. The summed E-state index contributed by atoms with van der Waals surface area (Å²) in [6.45, 7) is 3.90. The summed E-state index contributed by atoms with van der Waals surface area (Å²) in [4.78, 5) is 15.8. The molecule has 2 aromatic rings. The first kappa shape index (κ1) is 11.8. The van der Waals surface area contributed by atoms with Crippen LogP contribution < -0.4 is 11.4 Å². The summed E-state index contributed by atoms with van der Waals surface area (Å²) in [5.41, 5.74) is 7.21. The van der Waals surface area contributed by atoms with Gasteiger partial charge in [0.2, 0.25) is 0 Å². The highest BCUT2D eigenvalue weighted by molar-refractivity contribution is 5.38. The Morgan fingerprint density at radius 1 is 1.59 bits per heavy atom. The first-order valence-electron chi connectivity index (χ1n) is 5.81. The Bertz CT molecular complexity index is 571. The largest absolute Gasteiger partial charge is 0.349 e. The van der Waals surface area contributed by atoms with Gasteiger partial charge < -0.3 is 5.73 Å². The molecule has 2 heterocycles. The Morgan fingerprint density at radius 2 is 2.35 bits per heavy atom. The second kappa shape index (κ2) is 4.67. The average molecular weight is 235 g/mol. The average Bonchev–Trinajstić information content (AvgIpc) is 2.60. The van der Waals surface area contributed by atoms with Gasteiger partial charge in [0.15, 0.2) is 5.65 Å². The topological polar surface area (TPSA) is 89.1 Å². The number of nitrogens with two attached hydrogens (primary N) is 1. The van der Waals surface area contributed by atoms with Gasteiger partial charge in [0.1, 0.15) is 5.82 Å². The van der Waals surface area contributed by atoms with Crippen LogP contribution in [0.2, 0.25) is 0 Å². The summed E-state index contributed by atoms with van der Waals surface area (Å²) in [7, 11) is 0. The number of aryl methyl sites for hydroxylation is 1. The molecular formula is C11H17N5O. The monoisotopic (exact) mass is 235 g/mol.